The largest absolute Gasteiger partial charge is 0.353 e. The predicted molar refractivity (Wildman–Crippen MR) is 130 cm³/mol. The summed E-state index contributed by atoms with van der Waals surface area (Å²) in [6.07, 6.45) is 9.72. The van der Waals surface area contributed by atoms with Crippen LogP contribution in [-0.4, -0.2) is 24.9 Å². The number of rotatable bonds is 12. The van der Waals surface area contributed by atoms with Crippen molar-refractivity contribution < 1.29 is 18.4 Å². The van der Waals surface area contributed by atoms with Crippen molar-refractivity contribution >= 4 is 47.2 Å². The average molecular weight is 495 g/mol. The van der Waals surface area contributed by atoms with Gasteiger partial charge < -0.3 is 10.6 Å². The Morgan fingerprint density at radius 3 is 1.48 bits per heavy atom. The van der Waals surface area contributed by atoms with Crippen LogP contribution in [0.2, 0.25) is 10.0 Å². The lowest BCUT2D eigenvalue weighted by atomic mass is 10.1. The highest BCUT2D eigenvalue weighted by molar-refractivity contribution is 6.32. The molecule has 0 unspecified atom stereocenters. The van der Waals surface area contributed by atoms with Gasteiger partial charge in [0.2, 0.25) is 11.8 Å². The molecule has 0 aliphatic heterocycles. The molecule has 2 aromatic rings. The van der Waals surface area contributed by atoms with Gasteiger partial charge in [-0.15, -0.1) is 0 Å². The van der Waals surface area contributed by atoms with Crippen LogP contribution in [0, 0.1) is 11.6 Å². The van der Waals surface area contributed by atoms with Crippen LogP contribution in [0.5, 0.6) is 0 Å². The Hall–Kier alpha value is -2.70. The molecule has 0 aliphatic carbocycles. The zero-order valence-electron chi connectivity index (χ0n) is 18.1. The van der Waals surface area contributed by atoms with E-state index in [0.717, 1.165) is 32.1 Å². The second-order valence-electron chi connectivity index (χ2n) is 7.29. The van der Waals surface area contributed by atoms with E-state index in [1.807, 2.05) is 0 Å². The van der Waals surface area contributed by atoms with E-state index in [1.54, 1.807) is 12.1 Å². The van der Waals surface area contributed by atoms with Gasteiger partial charge in [0.15, 0.2) is 0 Å². The molecule has 176 valence electrons. The molecular weight excluding hydrogens is 469 g/mol. The van der Waals surface area contributed by atoms with Gasteiger partial charge in [-0.25, -0.2) is 8.78 Å². The highest BCUT2D eigenvalue weighted by Crippen LogP contribution is 2.21. The fraction of sp³-hybridized carbons (Fsp3) is 0.280. The van der Waals surface area contributed by atoms with E-state index < -0.39 is 11.6 Å². The van der Waals surface area contributed by atoms with Gasteiger partial charge in [-0.1, -0.05) is 54.6 Å². The SMILES string of the molecule is O=C(C=Cc1c(F)cccc1Cl)NCCCCCCCNC(=O)C=Cc1c(F)cccc1Cl. The highest BCUT2D eigenvalue weighted by atomic mass is 35.5. The first-order chi connectivity index (χ1) is 15.9. The van der Waals surface area contributed by atoms with E-state index in [9.17, 15) is 18.4 Å². The van der Waals surface area contributed by atoms with Gasteiger partial charge in [0.25, 0.3) is 0 Å². The van der Waals surface area contributed by atoms with Gasteiger partial charge in [0.05, 0.1) is 10.0 Å². The van der Waals surface area contributed by atoms with Crippen molar-refractivity contribution in [3.05, 3.63) is 81.4 Å². The second kappa shape index (κ2) is 14.4. The number of nitrogens with one attached hydrogen (secondary N) is 2. The summed E-state index contributed by atoms with van der Waals surface area (Å²) in [5.41, 5.74) is 0.376. The molecule has 0 aliphatic rings. The average Bonchev–Trinajstić information content (AvgIpc) is 2.77. The zero-order chi connectivity index (χ0) is 24.1. The van der Waals surface area contributed by atoms with E-state index in [4.69, 9.17) is 23.2 Å². The van der Waals surface area contributed by atoms with Crippen molar-refractivity contribution in [1.29, 1.82) is 0 Å². The van der Waals surface area contributed by atoms with Crippen molar-refractivity contribution in [3.63, 3.8) is 0 Å². The lowest BCUT2D eigenvalue weighted by Gasteiger charge is -2.04. The molecule has 2 amide bonds. The van der Waals surface area contributed by atoms with E-state index in [0.29, 0.717) is 13.1 Å². The highest BCUT2D eigenvalue weighted by Gasteiger charge is 2.05. The minimum atomic E-state index is -0.478. The third kappa shape index (κ3) is 9.76. The number of carbonyl (C=O) groups is 2. The minimum Gasteiger partial charge on any atom is -0.353 e. The van der Waals surface area contributed by atoms with Crippen LogP contribution < -0.4 is 10.6 Å². The van der Waals surface area contributed by atoms with Crippen molar-refractivity contribution in [2.24, 2.45) is 0 Å². The van der Waals surface area contributed by atoms with Gasteiger partial charge in [-0.05, 0) is 49.3 Å². The molecule has 0 bridgehead atoms. The molecule has 0 heterocycles. The summed E-state index contributed by atoms with van der Waals surface area (Å²) in [7, 11) is 0. The summed E-state index contributed by atoms with van der Waals surface area (Å²) in [6, 6.07) is 8.70. The van der Waals surface area contributed by atoms with Crippen LogP contribution in [0.1, 0.15) is 43.2 Å². The molecule has 0 aromatic heterocycles. The number of hydrogen-bond acceptors (Lipinski definition) is 2. The van der Waals surface area contributed by atoms with Gasteiger partial charge in [-0.3, -0.25) is 9.59 Å². The Labute approximate surface area is 202 Å². The van der Waals surface area contributed by atoms with Crippen LogP contribution in [0.3, 0.4) is 0 Å². The van der Waals surface area contributed by atoms with Crippen LogP contribution >= 0.6 is 23.2 Å². The Balaban J connectivity index is 1.52. The fourth-order valence-electron chi connectivity index (χ4n) is 2.98. The number of hydrogen-bond donors (Lipinski definition) is 2. The number of halogens is 4. The number of carbonyl (C=O) groups excluding carboxylic acids is 2. The molecule has 4 nitrogen and oxygen atoms in total. The van der Waals surface area contributed by atoms with E-state index >= 15 is 0 Å². The van der Waals surface area contributed by atoms with E-state index in [1.165, 1.54) is 48.6 Å². The number of unbranched alkanes of at least 4 members (excludes halogenated alkanes) is 4. The van der Waals surface area contributed by atoms with Gasteiger partial charge in [-0.2, -0.15) is 0 Å². The molecule has 0 saturated carbocycles. The van der Waals surface area contributed by atoms with Crippen LogP contribution in [-0.2, 0) is 9.59 Å². The number of amides is 2. The molecule has 2 aromatic carbocycles. The Kier molecular flexibility index (Phi) is 11.6. The second-order valence-corrected chi connectivity index (χ2v) is 8.10. The smallest absolute Gasteiger partial charge is 0.244 e. The quantitative estimate of drug-likeness (QED) is 0.273. The topological polar surface area (TPSA) is 58.2 Å². The van der Waals surface area contributed by atoms with Crippen molar-refractivity contribution in [2.45, 2.75) is 32.1 Å². The van der Waals surface area contributed by atoms with E-state index in [-0.39, 0.29) is 33.0 Å². The van der Waals surface area contributed by atoms with Gasteiger partial charge in [0, 0.05) is 36.4 Å². The maximum atomic E-state index is 13.7. The summed E-state index contributed by atoms with van der Waals surface area (Å²) in [5, 5.41) is 6.01. The molecule has 2 rings (SSSR count). The van der Waals surface area contributed by atoms with Crippen LogP contribution in [0.25, 0.3) is 12.2 Å². The molecule has 33 heavy (non-hydrogen) atoms. The molecule has 0 saturated heterocycles. The fourth-order valence-corrected chi connectivity index (χ4v) is 3.43. The third-order valence-corrected chi connectivity index (χ3v) is 5.41. The van der Waals surface area contributed by atoms with Crippen LogP contribution in [0.15, 0.2) is 48.6 Å². The standard InChI is InChI=1S/C25H26Cl2F2N2O2/c26-20-8-6-10-22(28)18(20)12-14-24(32)30-16-4-2-1-3-5-17-31-25(33)15-13-19-21(27)9-7-11-23(19)29/h6-15H,1-5,16-17H2,(H,30,32)(H,31,33). The normalized spacial score (nSPS) is 11.3. The van der Waals surface area contributed by atoms with Gasteiger partial charge in [0.1, 0.15) is 11.6 Å². The lowest BCUT2D eigenvalue weighted by molar-refractivity contribution is -0.117. The lowest BCUT2D eigenvalue weighted by Crippen LogP contribution is -2.22. The predicted octanol–water partition coefficient (Wildman–Crippen LogP) is 6.18. The van der Waals surface area contributed by atoms with Crippen molar-refractivity contribution in [1.82, 2.24) is 10.6 Å². The molecular formula is C25H26Cl2F2N2O2. The Morgan fingerprint density at radius 1 is 0.697 bits per heavy atom. The first kappa shape index (κ1) is 26.6. The summed E-state index contributed by atoms with van der Waals surface area (Å²) in [5.74, 6) is -1.56. The first-order valence-corrected chi connectivity index (χ1v) is 11.4. The maximum absolute atomic E-state index is 13.7. The molecule has 2 N–H and O–H groups in total. The summed E-state index contributed by atoms with van der Waals surface area (Å²) < 4.78 is 27.3. The van der Waals surface area contributed by atoms with E-state index in [2.05, 4.69) is 10.6 Å². The maximum Gasteiger partial charge on any atom is 0.244 e. The molecule has 8 heteroatoms. The number of benzene rings is 2. The summed E-state index contributed by atoms with van der Waals surface area (Å²) >= 11 is 11.8. The zero-order valence-corrected chi connectivity index (χ0v) is 19.6. The minimum absolute atomic E-state index is 0.188. The van der Waals surface area contributed by atoms with Crippen molar-refractivity contribution in [3.8, 4) is 0 Å². The molecule has 0 fully saturated rings. The monoisotopic (exact) mass is 494 g/mol. The molecule has 0 radical (unpaired) electrons. The van der Waals surface area contributed by atoms with Crippen LogP contribution in [0.4, 0.5) is 8.78 Å². The third-order valence-electron chi connectivity index (χ3n) is 4.75. The Bertz CT molecular complexity index is 890. The summed E-state index contributed by atoms with van der Waals surface area (Å²) in [6.45, 7) is 1.04. The van der Waals surface area contributed by atoms with Crippen molar-refractivity contribution in [2.75, 3.05) is 13.1 Å². The molecule has 0 atom stereocenters. The van der Waals surface area contributed by atoms with Gasteiger partial charge >= 0.3 is 0 Å². The molecule has 0 spiro atoms. The summed E-state index contributed by atoms with van der Waals surface area (Å²) in [4.78, 5) is 23.6. The first-order valence-electron chi connectivity index (χ1n) is 10.7. The Morgan fingerprint density at radius 2 is 1.09 bits per heavy atom.